The minimum Gasteiger partial charge on any atom is -0.478 e. The van der Waals surface area contributed by atoms with E-state index >= 15 is 0 Å². The second kappa shape index (κ2) is 3.68. The topological polar surface area (TPSA) is 67.5 Å². The predicted octanol–water partition coefficient (Wildman–Crippen LogP) is 1.38. The summed E-state index contributed by atoms with van der Waals surface area (Å²) in [5.41, 5.74) is 0.816. The third-order valence-corrected chi connectivity index (χ3v) is 2.10. The number of aryl methyl sites for hydroxylation is 1. The SMILES string of the molecule is CCCc1nc2cc(C(=O)O)ccn2n1. The zero-order valence-electron chi connectivity index (χ0n) is 8.34. The van der Waals surface area contributed by atoms with Gasteiger partial charge in [0, 0.05) is 12.6 Å². The molecule has 1 N–H and O–H groups in total. The molecule has 0 saturated heterocycles. The highest BCUT2D eigenvalue weighted by molar-refractivity contribution is 5.88. The normalized spacial score (nSPS) is 10.7. The molecule has 2 aromatic rings. The van der Waals surface area contributed by atoms with Gasteiger partial charge in [0.05, 0.1) is 5.56 Å². The number of carboxylic acids is 1. The second-order valence-corrected chi connectivity index (χ2v) is 3.30. The van der Waals surface area contributed by atoms with E-state index in [1.165, 1.54) is 12.1 Å². The molecule has 0 aliphatic rings. The predicted molar refractivity (Wildman–Crippen MR) is 53.9 cm³/mol. The summed E-state index contributed by atoms with van der Waals surface area (Å²) in [6.07, 6.45) is 3.40. The van der Waals surface area contributed by atoms with Crippen LogP contribution in [0.5, 0.6) is 0 Å². The molecule has 5 heteroatoms. The second-order valence-electron chi connectivity index (χ2n) is 3.30. The first-order valence-electron chi connectivity index (χ1n) is 4.79. The van der Waals surface area contributed by atoms with Gasteiger partial charge in [0.1, 0.15) is 0 Å². The number of hydrogen-bond donors (Lipinski definition) is 1. The van der Waals surface area contributed by atoms with Crippen molar-refractivity contribution in [2.75, 3.05) is 0 Å². The van der Waals surface area contributed by atoms with E-state index < -0.39 is 5.97 Å². The van der Waals surface area contributed by atoms with Crippen LogP contribution in [-0.2, 0) is 6.42 Å². The summed E-state index contributed by atoms with van der Waals surface area (Å²) in [5, 5.41) is 13.0. The summed E-state index contributed by atoms with van der Waals surface area (Å²) in [6.45, 7) is 2.05. The summed E-state index contributed by atoms with van der Waals surface area (Å²) >= 11 is 0. The van der Waals surface area contributed by atoms with Crippen LogP contribution in [-0.4, -0.2) is 25.7 Å². The van der Waals surface area contributed by atoms with E-state index in [4.69, 9.17) is 5.11 Å². The van der Waals surface area contributed by atoms with Gasteiger partial charge in [0.15, 0.2) is 11.5 Å². The lowest BCUT2D eigenvalue weighted by atomic mass is 10.3. The fourth-order valence-corrected chi connectivity index (χ4v) is 1.39. The number of nitrogens with zero attached hydrogens (tertiary/aromatic N) is 3. The van der Waals surface area contributed by atoms with Gasteiger partial charge < -0.3 is 5.11 Å². The van der Waals surface area contributed by atoms with Crippen molar-refractivity contribution in [1.82, 2.24) is 14.6 Å². The molecule has 15 heavy (non-hydrogen) atoms. The van der Waals surface area contributed by atoms with Crippen molar-refractivity contribution in [3.05, 3.63) is 29.7 Å². The highest BCUT2D eigenvalue weighted by Crippen LogP contribution is 2.06. The molecule has 5 nitrogen and oxygen atoms in total. The van der Waals surface area contributed by atoms with Gasteiger partial charge in [-0.15, -0.1) is 0 Å². The van der Waals surface area contributed by atoms with Crippen molar-refractivity contribution in [2.45, 2.75) is 19.8 Å². The van der Waals surface area contributed by atoms with Crippen molar-refractivity contribution in [3.8, 4) is 0 Å². The molecular weight excluding hydrogens is 194 g/mol. The molecule has 0 radical (unpaired) electrons. The third kappa shape index (κ3) is 1.81. The Morgan fingerprint density at radius 2 is 2.40 bits per heavy atom. The van der Waals surface area contributed by atoms with Gasteiger partial charge in [0.25, 0.3) is 0 Å². The lowest BCUT2D eigenvalue weighted by molar-refractivity contribution is 0.0697. The first-order chi connectivity index (χ1) is 7.20. The molecule has 2 heterocycles. The Morgan fingerprint density at radius 1 is 1.60 bits per heavy atom. The van der Waals surface area contributed by atoms with Crippen molar-refractivity contribution in [1.29, 1.82) is 0 Å². The number of aromatic nitrogens is 3. The van der Waals surface area contributed by atoms with Crippen molar-refractivity contribution in [2.24, 2.45) is 0 Å². The Bertz CT molecular complexity index is 504. The molecule has 0 spiro atoms. The number of carboxylic acid groups (broad SMARTS) is 1. The summed E-state index contributed by atoms with van der Waals surface area (Å²) in [5.74, 6) is -0.197. The van der Waals surface area contributed by atoms with Crippen LogP contribution in [0, 0.1) is 0 Å². The highest BCUT2D eigenvalue weighted by atomic mass is 16.4. The van der Waals surface area contributed by atoms with Crippen LogP contribution in [0.2, 0.25) is 0 Å². The number of carbonyl (C=O) groups is 1. The van der Waals surface area contributed by atoms with Crippen LogP contribution in [0.3, 0.4) is 0 Å². The smallest absolute Gasteiger partial charge is 0.335 e. The number of hydrogen-bond acceptors (Lipinski definition) is 3. The summed E-state index contributed by atoms with van der Waals surface area (Å²) < 4.78 is 1.59. The number of fused-ring (bicyclic) bond motifs is 1. The molecule has 0 unspecified atom stereocenters. The molecule has 0 aliphatic heterocycles. The standard InChI is InChI=1S/C10H11N3O2/c1-2-3-8-11-9-6-7(10(14)15)4-5-13(9)12-8/h4-6H,2-3H2,1H3,(H,14,15). The Kier molecular flexibility index (Phi) is 2.37. The molecule has 78 valence electrons. The summed E-state index contributed by atoms with van der Waals surface area (Å²) in [6, 6.07) is 3.04. The molecule has 2 aromatic heterocycles. The van der Waals surface area contributed by atoms with E-state index in [-0.39, 0.29) is 5.56 Å². The molecule has 0 aromatic carbocycles. The Hall–Kier alpha value is -1.91. The first kappa shape index (κ1) is 9.64. The quantitative estimate of drug-likeness (QED) is 0.821. The average Bonchev–Trinajstić information content (AvgIpc) is 2.59. The van der Waals surface area contributed by atoms with Gasteiger partial charge in [0.2, 0.25) is 0 Å². The van der Waals surface area contributed by atoms with E-state index in [1.54, 1.807) is 10.7 Å². The van der Waals surface area contributed by atoms with Crippen molar-refractivity contribution >= 4 is 11.6 Å². The van der Waals surface area contributed by atoms with Crippen LogP contribution in [0.1, 0.15) is 29.5 Å². The number of rotatable bonds is 3. The maximum absolute atomic E-state index is 10.7. The van der Waals surface area contributed by atoms with E-state index in [0.717, 1.165) is 18.7 Å². The third-order valence-electron chi connectivity index (χ3n) is 2.10. The van der Waals surface area contributed by atoms with E-state index in [1.807, 2.05) is 6.92 Å². The lowest BCUT2D eigenvalue weighted by Crippen LogP contribution is -1.97. The van der Waals surface area contributed by atoms with Crippen LogP contribution in [0.4, 0.5) is 0 Å². The average molecular weight is 205 g/mol. The molecule has 0 fully saturated rings. The van der Waals surface area contributed by atoms with Crippen LogP contribution in [0.15, 0.2) is 18.3 Å². The zero-order valence-corrected chi connectivity index (χ0v) is 8.34. The fourth-order valence-electron chi connectivity index (χ4n) is 1.39. The summed E-state index contributed by atoms with van der Waals surface area (Å²) in [4.78, 5) is 15.0. The largest absolute Gasteiger partial charge is 0.478 e. The van der Waals surface area contributed by atoms with Crippen LogP contribution >= 0.6 is 0 Å². The number of aromatic carboxylic acids is 1. The summed E-state index contributed by atoms with van der Waals surface area (Å²) in [7, 11) is 0. The Labute approximate surface area is 86.4 Å². The molecule has 0 amide bonds. The van der Waals surface area contributed by atoms with Gasteiger partial charge in [-0.2, -0.15) is 5.10 Å². The monoisotopic (exact) mass is 205 g/mol. The Morgan fingerprint density at radius 3 is 3.07 bits per heavy atom. The van der Waals surface area contributed by atoms with Gasteiger partial charge in [-0.25, -0.2) is 14.3 Å². The van der Waals surface area contributed by atoms with E-state index in [9.17, 15) is 4.79 Å². The van der Waals surface area contributed by atoms with Crippen molar-refractivity contribution < 1.29 is 9.90 Å². The maximum atomic E-state index is 10.7. The zero-order chi connectivity index (χ0) is 10.8. The van der Waals surface area contributed by atoms with Crippen LogP contribution in [0.25, 0.3) is 5.65 Å². The highest BCUT2D eigenvalue weighted by Gasteiger charge is 2.07. The van der Waals surface area contributed by atoms with Gasteiger partial charge >= 0.3 is 5.97 Å². The molecule has 0 bridgehead atoms. The fraction of sp³-hybridized carbons (Fsp3) is 0.300. The first-order valence-corrected chi connectivity index (χ1v) is 4.79. The Balaban J connectivity index is 2.47. The number of pyridine rings is 1. The maximum Gasteiger partial charge on any atom is 0.335 e. The molecule has 0 atom stereocenters. The van der Waals surface area contributed by atoms with Crippen LogP contribution < -0.4 is 0 Å². The minimum atomic E-state index is -0.947. The van der Waals surface area contributed by atoms with E-state index in [2.05, 4.69) is 10.1 Å². The molecule has 0 saturated carbocycles. The molecule has 2 rings (SSSR count). The van der Waals surface area contributed by atoms with Crippen molar-refractivity contribution in [3.63, 3.8) is 0 Å². The molecular formula is C10H11N3O2. The van der Waals surface area contributed by atoms with E-state index in [0.29, 0.717) is 5.65 Å². The van der Waals surface area contributed by atoms with Gasteiger partial charge in [-0.05, 0) is 18.6 Å². The van der Waals surface area contributed by atoms with Gasteiger partial charge in [-0.3, -0.25) is 0 Å². The molecule has 0 aliphatic carbocycles. The van der Waals surface area contributed by atoms with Gasteiger partial charge in [-0.1, -0.05) is 6.92 Å². The lowest BCUT2D eigenvalue weighted by Gasteiger charge is -1.93. The minimum absolute atomic E-state index is 0.234.